The van der Waals surface area contributed by atoms with Gasteiger partial charge in [-0.2, -0.15) is 0 Å². The van der Waals surface area contributed by atoms with Crippen LogP contribution in [-0.4, -0.2) is 23.3 Å². The molecule has 60 valence electrons. The van der Waals surface area contributed by atoms with Crippen molar-refractivity contribution >= 4 is 5.97 Å². The van der Waals surface area contributed by atoms with Crippen LogP contribution in [0.25, 0.3) is 0 Å². The molecule has 2 N–H and O–H groups in total. The lowest BCUT2D eigenvalue weighted by Gasteiger charge is -1.87. The molecule has 0 unspecified atom stereocenters. The number of rotatable bonds is 3. The van der Waals surface area contributed by atoms with Gasteiger partial charge in [-0.3, -0.25) is 0 Å². The van der Waals surface area contributed by atoms with Crippen molar-refractivity contribution in [2.75, 3.05) is 7.05 Å². The van der Waals surface area contributed by atoms with Gasteiger partial charge in [-0.15, -0.1) is 0 Å². The van der Waals surface area contributed by atoms with Crippen LogP contribution < -0.4 is 5.32 Å². The molecule has 0 aliphatic carbocycles. The highest BCUT2D eigenvalue weighted by Crippen LogP contribution is 2.02. The van der Waals surface area contributed by atoms with Crippen LogP contribution in [0.4, 0.5) is 0 Å². The Labute approximate surface area is 63.0 Å². The van der Waals surface area contributed by atoms with Gasteiger partial charge in [-0.25, -0.2) is 4.79 Å². The van der Waals surface area contributed by atoms with E-state index in [2.05, 4.69) is 15.0 Å². The Morgan fingerprint density at radius 2 is 2.64 bits per heavy atom. The molecule has 1 aromatic rings. The first kappa shape index (κ1) is 7.74. The van der Waals surface area contributed by atoms with E-state index in [-0.39, 0.29) is 5.69 Å². The highest BCUT2D eigenvalue weighted by Gasteiger charge is 2.08. The molecule has 1 aromatic heterocycles. The quantitative estimate of drug-likeness (QED) is 0.648. The van der Waals surface area contributed by atoms with Crippen LogP contribution >= 0.6 is 0 Å². The Hall–Kier alpha value is -1.36. The summed E-state index contributed by atoms with van der Waals surface area (Å²) in [6.45, 7) is 0.486. The third-order valence-corrected chi connectivity index (χ3v) is 1.13. The first-order valence-corrected chi connectivity index (χ1v) is 3.07. The SMILES string of the molecule is CNCc1cc(C(=O)O)no1. The Kier molecular flexibility index (Phi) is 2.22. The van der Waals surface area contributed by atoms with Gasteiger partial charge in [0, 0.05) is 6.07 Å². The smallest absolute Gasteiger partial charge is 0.358 e. The third-order valence-electron chi connectivity index (χ3n) is 1.13. The Balaban J connectivity index is 2.73. The molecule has 0 amide bonds. The maximum atomic E-state index is 10.3. The predicted molar refractivity (Wildman–Crippen MR) is 36.2 cm³/mol. The van der Waals surface area contributed by atoms with Crippen molar-refractivity contribution in [2.45, 2.75) is 6.54 Å². The minimum Gasteiger partial charge on any atom is -0.476 e. The second-order valence-corrected chi connectivity index (χ2v) is 2.01. The number of aromatic nitrogens is 1. The van der Waals surface area contributed by atoms with E-state index in [1.807, 2.05) is 0 Å². The van der Waals surface area contributed by atoms with E-state index >= 15 is 0 Å². The van der Waals surface area contributed by atoms with Crippen molar-refractivity contribution in [1.29, 1.82) is 0 Å². The summed E-state index contributed by atoms with van der Waals surface area (Å²) in [5, 5.41) is 14.6. The molecule has 0 spiro atoms. The zero-order chi connectivity index (χ0) is 8.27. The van der Waals surface area contributed by atoms with Gasteiger partial charge in [0.25, 0.3) is 0 Å². The van der Waals surface area contributed by atoms with Gasteiger partial charge >= 0.3 is 5.97 Å². The van der Waals surface area contributed by atoms with Crippen LogP contribution in [0.15, 0.2) is 10.6 Å². The molecule has 0 saturated heterocycles. The normalized spacial score (nSPS) is 9.91. The first-order chi connectivity index (χ1) is 5.24. The van der Waals surface area contributed by atoms with Crippen LogP contribution in [0, 0.1) is 0 Å². The van der Waals surface area contributed by atoms with Gasteiger partial charge in [0.1, 0.15) is 0 Å². The Morgan fingerprint density at radius 3 is 3.09 bits per heavy atom. The second kappa shape index (κ2) is 3.16. The summed E-state index contributed by atoms with van der Waals surface area (Å²) >= 11 is 0. The maximum Gasteiger partial charge on any atom is 0.358 e. The number of carbonyl (C=O) groups is 1. The number of carboxylic acids is 1. The molecule has 1 rings (SSSR count). The van der Waals surface area contributed by atoms with E-state index in [0.717, 1.165) is 0 Å². The molecule has 0 atom stereocenters. The zero-order valence-corrected chi connectivity index (χ0v) is 6.00. The minimum absolute atomic E-state index is 0.0600. The number of nitrogens with one attached hydrogen (secondary N) is 1. The van der Waals surface area contributed by atoms with E-state index in [0.29, 0.717) is 12.3 Å². The molecule has 0 saturated carbocycles. The summed E-state index contributed by atoms with van der Waals surface area (Å²) < 4.78 is 4.67. The molecular weight excluding hydrogens is 148 g/mol. The van der Waals surface area contributed by atoms with Crippen molar-refractivity contribution in [3.63, 3.8) is 0 Å². The van der Waals surface area contributed by atoms with Crippen molar-refractivity contribution < 1.29 is 14.4 Å². The standard InChI is InChI=1S/C6H8N2O3/c1-7-3-4-2-5(6(9)10)8-11-4/h2,7H,3H2,1H3,(H,9,10). The number of carboxylic acid groups (broad SMARTS) is 1. The summed E-state index contributed by atoms with van der Waals surface area (Å²) in [5.74, 6) is -0.555. The van der Waals surface area contributed by atoms with Crippen LogP contribution in [-0.2, 0) is 6.54 Å². The van der Waals surface area contributed by atoms with Gasteiger partial charge in [-0.1, -0.05) is 5.16 Å². The molecule has 0 radical (unpaired) electrons. The highest BCUT2D eigenvalue weighted by atomic mass is 16.5. The number of nitrogens with zero attached hydrogens (tertiary/aromatic N) is 1. The number of hydrogen-bond donors (Lipinski definition) is 2. The molecule has 11 heavy (non-hydrogen) atoms. The topological polar surface area (TPSA) is 75.4 Å². The maximum absolute atomic E-state index is 10.3. The summed E-state index contributed by atoms with van der Waals surface area (Å²) in [4.78, 5) is 10.3. The molecule has 0 bridgehead atoms. The van der Waals surface area contributed by atoms with E-state index in [4.69, 9.17) is 5.11 Å². The largest absolute Gasteiger partial charge is 0.476 e. The van der Waals surface area contributed by atoms with Crippen molar-refractivity contribution in [2.24, 2.45) is 0 Å². The molecule has 0 aliphatic rings. The van der Waals surface area contributed by atoms with E-state index in [9.17, 15) is 4.79 Å². The molecule has 0 aromatic carbocycles. The van der Waals surface area contributed by atoms with Crippen LogP contribution in [0.5, 0.6) is 0 Å². The summed E-state index contributed by atoms with van der Waals surface area (Å²) in [7, 11) is 1.74. The first-order valence-electron chi connectivity index (χ1n) is 3.07. The molecular formula is C6H8N2O3. The Bertz CT molecular complexity index is 256. The lowest BCUT2D eigenvalue weighted by Crippen LogP contribution is -2.03. The molecule has 0 fully saturated rings. The van der Waals surface area contributed by atoms with Crippen molar-refractivity contribution in [3.05, 3.63) is 17.5 Å². The fourth-order valence-corrected chi connectivity index (χ4v) is 0.671. The molecule has 1 heterocycles. The van der Waals surface area contributed by atoms with E-state index in [1.165, 1.54) is 6.07 Å². The van der Waals surface area contributed by atoms with Gasteiger partial charge < -0.3 is 14.9 Å². The number of aromatic carboxylic acids is 1. The number of hydrogen-bond acceptors (Lipinski definition) is 4. The average molecular weight is 156 g/mol. The van der Waals surface area contributed by atoms with Gasteiger partial charge in [0.05, 0.1) is 6.54 Å². The lowest BCUT2D eigenvalue weighted by molar-refractivity contribution is 0.0685. The van der Waals surface area contributed by atoms with Crippen LogP contribution in [0.3, 0.4) is 0 Å². The average Bonchev–Trinajstić information content (AvgIpc) is 2.37. The van der Waals surface area contributed by atoms with Crippen LogP contribution in [0.1, 0.15) is 16.2 Å². The van der Waals surface area contributed by atoms with Crippen LogP contribution in [0.2, 0.25) is 0 Å². The second-order valence-electron chi connectivity index (χ2n) is 2.01. The molecule has 5 nitrogen and oxygen atoms in total. The highest BCUT2D eigenvalue weighted by molar-refractivity contribution is 5.85. The van der Waals surface area contributed by atoms with Gasteiger partial charge in [0.15, 0.2) is 11.5 Å². The predicted octanol–water partition coefficient (Wildman–Crippen LogP) is 0.0922. The fraction of sp³-hybridized carbons (Fsp3) is 0.333. The fourth-order valence-electron chi connectivity index (χ4n) is 0.671. The zero-order valence-electron chi connectivity index (χ0n) is 6.00. The van der Waals surface area contributed by atoms with Crippen molar-refractivity contribution in [3.8, 4) is 0 Å². The monoisotopic (exact) mass is 156 g/mol. The van der Waals surface area contributed by atoms with Crippen molar-refractivity contribution in [1.82, 2.24) is 10.5 Å². The summed E-state index contributed by atoms with van der Waals surface area (Å²) in [5.41, 5.74) is -0.0600. The van der Waals surface area contributed by atoms with Gasteiger partial charge in [-0.05, 0) is 7.05 Å². The van der Waals surface area contributed by atoms with E-state index < -0.39 is 5.97 Å². The Morgan fingerprint density at radius 1 is 1.91 bits per heavy atom. The summed E-state index contributed by atoms with van der Waals surface area (Å²) in [6.07, 6.45) is 0. The third kappa shape index (κ3) is 1.78. The lowest BCUT2D eigenvalue weighted by atomic mass is 10.3. The molecule has 0 aliphatic heterocycles. The summed E-state index contributed by atoms with van der Waals surface area (Å²) in [6, 6.07) is 1.39. The van der Waals surface area contributed by atoms with Gasteiger partial charge in [0.2, 0.25) is 0 Å². The minimum atomic E-state index is -1.07. The molecule has 5 heteroatoms. The van der Waals surface area contributed by atoms with E-state index in [1.54, 1.807) is 7.05 Å².